The topological polar surface area (TPSA) is 83.9 Å². The second kappa shape index (κ2) is 9.05. The van der Waals surface area contributed by atoms with Crippen LogP contribution in [0.3, 0.4) is 0 Å². The molecule has 1 N–H and O–H groups in total. The first-order valence-electron chi connectivity index (χ1n) is 9.65. The van der Waals surface area contributed by atoms with E-state index in [1.54, 1.807) is 43.1 Å². The lowest BCUT2D eigenvalue weighted by molar-refractivity contribution is -0.127. The van der Waals surface area contributed by atoms with Crippen molar-refractivity contribution in [2.24, 2.45) is 0 Å². The monoisotopic (exact) mass is 386 g/mol. The number of nitrogens with zero attached hydrogens (tertiary/aromatic N) is 5. The normalized spacial score (nSPS) is 16.7. The van der Waals surface area contributed by atoms with Gasteiger partial charge < -0.3 is 10.2 Å². The van der Waals surface area contributed by atoms with Crippen LogP contribution < -0.4 is 5.32 Å². The van der Waals surface area contributed by atoms with Crippen molar-refractivity contribution >= 4 is 23.6 Å². The van der Waals surface area contributed by atoms with E-state index in [1.807, 2.05) is 35.2 Å². The van der Waals surface area contributed by atoms with Crippen LogP contribution >= 0.6 is 0 Å². The molecule has 0 spiro atoms. The maximum Gasteiger partial charge on any atom is 0.246 e. The molecule has 1 fully saturated rings. The Hall–Kier alpha value is -3.61. The standard InChI is InChI=1S/C22H22N6O/c29-22(9-8-17-5-3-10-23-13-17)28-12-4-6-18(16-28)19-14-26-21(15-25-19)27-20-7-1-2-11-24-20/h1-3,5,7-11,13-15,18H,4,6,12,16H2,(H,24,26,27)/b9-8+/t18-/m0/s1. The Morgan fingerprint density at radius 1 is 1.03 bits per heavy atom. The van der Waals surface area contributed by atoms with Gasteiger partial charge in [0.25, 0.3) is 0 Å². The summed E-state index contributed by atoms with van der Waals surface area (Å²) < 4.78 is 0. The second-order valence-electron chi connectivity index (χ2n) is 6.91. The molecule has 0 unspecified atom stereocenters. The van der Waals surface area contributed by atoms with Crippen molar-refractivity contribution in [1.82, 2.24) is 24.8 Å². The Labute approximate surface area is 169 Å². The lowest BCUT2D eigenvalue weighted by Gasteiger charge is -2.31. The van der Waals surface area contributed by atoms with E-state index < -0.39 is 0 Å². The van der Waals surface area contributed by atoms with Crippen molar-refractivity contribution in [1.29, 1.82) is 0 Å². The number of carbonyl (C=O) groups is 1. The van der Waals surface area contributed by atoms with Crippen molar-refractivity contribution in [2.75, 3.05) is 18.4 Å². The molecule has 3 aromatic heterocycles. The Bertz CT molecular complexity index is 960. The van der Waals surface area contributed by atoms with E-state index in [0.29, 0.717) is 12.4 Å². The van der Waals surface area contributed by atoms with Gasteiger partial charge in [-0.15, -0.1) is 0 Å². The first-order valence-corrected chi connectivity index (χ1v) is 9.65. The number of likely N-dealkylation sites (tertiary alicyclic amines) is 1. The molecule has 0 bridgehead atoms. The molecule has 4 rings (SSSR count). The van der Waals surface area contributed by atoms with E-state index in [0.717, 1.165) is 36.5 Å². The number of amides is 1. The molecule has 7 heteroatoms. The summed E-state index contributed by atoms with van der Waals surface area (Å²) >= 11 is 0. The first kappa shape index (κ1) is 18.7. The number of aromatic nitrogens is 4. The third-order valence-corrected chi connectivity index (χ3v) is 4.85. The highest BCUT2D eigenvalue weighted by Gasteiger charge is 2.24. The molecule has 0 aromatic carbocycles. The third kappa shape index (κ3) is 5.01. The van der Waals surface area contributed by atoms with Gasteiger partial charge in [0.05, 0.1) is 18.1 Å². The van der Waals surface area contributed by atoms with Crippen LogP contribution in [0.5, 0.6) is 0 Å². The van der Waals surface area contributed by atoms with Gasteiger partial charge in [0.1, 0.15) is 11.6 Å². The van der Waals surface area contributed by atoms with Gasteiger partial charge in [-0.25, -0.2) is 9.97 Å². The fourth-order valence-electron chi connectivity index (χ4n) is 3.35. The second-order valence-corrected chi connectivity index (χ2v) is 6.91. The summed E-state index contributed by atoms with van der Waals surface area (Å²) in [6.07, 6.45) is 14.0. The molecular weight excluding hydrogens is 364 g/mol. The fourth-order valence-corrected chi connectivity index (χ4v) is 3.35. The molecule has 4 heterocycles. The summed E-state index contributed by atoms with van der Waals surface area (Å²) in [7, 11) is 0. The van der Waals surface area contributed by atoms with Gasteiger partial charge in [0.15, 0.2) is 0 Å². The maximum atomic E-state index is 12.6. The molecule has 1 saturated heterocycles. The molecule has 7 nitrogen and oxygen atoms in total. The number of carbonyl (C=O) groups excluding carboxylic acids is 1. The fraction of sp³-hybridized carbons (Fsp3) is 0.227. The zero-order valence-electron chi connectivity index (χ0n) is 16.0. The minimum Gasteiger partial charge on any atom is -0.338 e. The van der Waals surface area contributed by atoms with Crippen LogP contribution in [-0.4, -0.2) is 43.8 Å². The van der Waals surface area contributed by atoms with Crippen LogP contribution in [0, 0.1) is 0 Å². The van der Waals surface area contributed by atoms with Crippen LogP contribution in [0.15, 0.2) is 67.4 Å². The highest BCUT2D eigenvalue weighted by atomic mass is 16.2. The molecule has 0 radical (unpaired) electrons. The van der Waals surface area contributed by atoms with Crippen LogP contribution in [0.1, 0.15) is 30.0 Å². The molecular formula is C22H22N6O. The van der Waals surface area contributed by atoms with Crippen molar-refractivity contribution in [3.8, 4) is 0 Å². The predicted molar refractivity (Wildman–Crippen MR) is 111 cm³/mol. The number of hydrogen-bond donors (Lipinski definition) is 1. The molecule has 1 atom stereocenters. The molecule has 1 amide bonds. The van der Waals surface area contributed by atoms with Crippen LogP contribution in [-0.2, 0) is 4.79 Å². The summed E-state index contributed by atoms with van der Waals surface area (Å²) in [5, 5.41) is 3.13. The van der Waals surface area contributed by atoms with Gasteiger partial charge in [-0.05, 0) is 42.7 Å². The zero-order chi connectivity index (χ0) is 19.9. The van der Waals surface area contributed by atoms with Crippen molar-refractivity contribution in [3.63, 3.8) is 0 Å². The molecule has 1 aliphatic rings. The Morgan fingerprint density at radius 2 is 2.00 bits per heavy atom. The van der Waals surface area contributed by atoms with E-state index in [9.17, 15) is 4.79 Å². The largest absolute Gasteiger partial charge is 0.338 e. The highest BCUT2D eigenvalue weighted by molar-refractivity contribution is 5.91. The van der Waals surface area contributed by atoms with Gasteiger partial charge in [0.2, 0.25) is 5.91 Å². The van der Waals surface area contributed by atoms with E-state index in [-0.39, 0.29) is 11.8 Å². The van der Waals surface area contributed by atoms with Crippen LogP contribution in [0.2, 0.25) is 0 Å². The summed E-state index contributed by atoms with van der Waals surface area (Å²) in [5.41, 5.74) is 1.82. The quantitative estimate of drug-likeness (QED) is 0.677. The Morgan fingerprint density at radius 3 is 2.76 bits per heavy atom. The number of rotatable bonds is 5. The predicted octanol–water partition coefficient (Wildman–Crippen LogP) is 3.43. The lowest BCUT2D eigenvalue weighted by Crippen LogP contribution is -2.38. The summed E-state index contributed by atoms with van der Waals surface area (Å²) in [6, 6.07) is 9.42. The van der Waals surface area contributed by atoms with Crippen molar-refractivity contribution in [2.45, 2.75) is 18.8 Å². The molecule has 146 valence electrons. The number of anilines is 2. The smallest absolute Gasteiger partial charge is 0.246 e. The average Bonchev–Trinajstić information content (AvgIpc) is 2.79. The van der Waals surface area contributed by atoms with Gasteiger partial charge in [-0.1, -0.05) is 12.1 Å². The lowest BCUT2D eigenvalue weighted by atomic mass is 9.95. The minimum atomic E-state index is 0.0138. The van der Waals surface area contributed by atoms with Crippen molar-refractivity contribution in [3.05, 3.63) is 78.6 Å². The summed E-state index contributed by atoms with van der Waals surface area (Å²) in [6.45, 7) is 1.41. The molecule has 3 aromatic rings. The van der Waals surface area contributed by atoms with E-state index in [1.165, 1.54) is 0 Å². The molecule has 29 heavy (non-hydrogen) atoms. The van der Waals surface area contributed by atoms with E-state index in [4.69, 9.17) is 0 Å². The molecule has 1 aliphatic heterocycles. The zero-order valence-corrected chi connectivity index (χ0v) is 16.0. The summed E-state index contributed by atoms with van der Waals surface area (Å²) in [5.74, 6) is 1.58. The Kier molecular flexibility index (Phi) is 5.85. The minimum absolute atomic E-state index is 0.0138. The highest BCUT2D eigenvalue weighted by Crippen LogP contribution is 2.26. The molecule has 0 saturated carbocycles. The number of hydrogen-bond acceptors (Lipinski definition) is 6. The Balaban J connectivity index is 1.37. The third-order valence-electron chi connectivity index (χ3n) is 4.85. The van der Waals surface area contributed by atoms with Gasteiger partial charge in [-0.2, -0.15) is 0 Å². The number of pyridine rings is 2. The van der Waals surface area contributed by atoms with Gasteiger partial charge in [0, 0.05) is 43.7 Å². The first-order chi connectivity index (χ1) is 14.3. The van der Waals surface area contributed by atoms with Gasteiger partial charge >= 0.3 is 0 Å². The van der Waals surface area contributed by atoms with Crippen LogP contribution in [0.4, 0.5) is 11.6 Å². The van der Waals surface area contributed by atoms with Crippen LogP contribution in [0.25, 0.3) is 6.08 Å². The SMILES string of the molecule is O=C(/C=C/c1cccnc1)N1CCC[C@H](c2cnc(Nc3ccccn3)cn2)C1. The maximum absolute atomic E-state index is 12.6. The number of piperidine rings is 1. The average molecular weight is 386 g/mol. The van der Waals surface area contributed by atoms with E-state index in [2.05, 4.69) is 25.3 Å². The molecule has 0 aliphatic carbocycles. The van der Waals surface area contributed by atoms with Crippen molar-refractivity contribution < 1.29 is 4.79 Å². The van der Waals surface area contributed by atoms with E-state index >= 15 is 0 Å². The van der Waals surface area contributed by atoms with Gasteiger partial charge in [-0.3, -0.25) is 14.8 Å². The summed E-state index contributed by atoms with van der Waals surface area (Å²) in [4.78, 5) is 31.8. The number of nitrogens with one attached hydrogen (secondary N) is 1.